The summed E-state index contributed by atoms with van der Waals surface area (Å²) in [6.45, 7) is 4.12. The third kappa shape index (κ3) is 3.24. The van der Waals surface area contributed by atoms with E-state index in [-0.39, 0.29) is 0 Å². The van der Waals surface area contributed by atoms with Crippen molar-refractivity contribution in [3.05, 3.63) is 32.9 Å². The van der Waals surface area contributed by atoms with E-state index in [4.69, 9.17) is 28.2 Å². The number of halogens is 2. The zero-order valence-corrected chi connectivity index (χ0v) is 14.2. The van der Waals surface area contributed by atoms with Crippen LogP contribution in [0.4, 0.5) is 0 Å². The van der Waals surface area contributed by atoms with Gasteiger partial charge in [0.1, 0.15) is 10.7 Å². The van der Waals surface area contributed by atoms with E-state index in [2.05, 4.69) is 17.2 Å². The second-order valence-corrected chi connectivity index (χ2v) is 7.14. The monoisotopic (exact) mass is 341 g/mol. The lowest BCUT2D eigenvalue weighted by atomic mass is 9.91. The number of hydrogen-bond donors (Lipinski definition) is 1. The van der Waals surface area contributed by atoms with Crippen molar-refractivity contribution in [3.63, 3.8) is 0 Å². The van der Waals surface area contributed by atoms with Crippen LogP contribution in [0.2, 0.25) is 10.0 Å². The molecule has 1 atom stereocenters. The summed E-state index contributed by atoms with van der Waals surface area (Å²) in [5, 5.41) is 5.46. The second-order valence-electron chi connectivity index (χ2n) is 5.21. The maximum Gasteiger partial charge on any atom is 0.143 e. The van der Waals surface area contributed by atoms with Crippen molar-refractivity contribution in [1.82, 2.24) is 15.3 Å². The molecule has 3 rings (SSSR count). The van der Waals surface area contributed by atoms with E-state index >= 15 is 0 Å². The maximum absolute atomic E-state index is 6.26. The van der Waals surface area contributed by atoms with Crippen molar-refractivity contribution in [2.45, 2.75) is 32.1 Å². The fourth-order valence-corrected chi connectivity index (χ4v) is 4.42. The minimum Gasteiger partial charge on any atom is -0.316 e. The Morgan fingerprint density at radius 3 is 3.05 bits per heavy atom. The van der Waals surface area contributed by atoms with E-state index in [1.807, 2.05) is 0 Å². The van der Waals surface area contributed by atoms with Crippen LogP contribution in [0.25, 0.3) is 10.7 Å². The number of aryl methyl sites for hydroxylation is 1. The molecular weight excluding hydrogens is 325 g/mol. The normalized spacial score (nSPS) is 17.8. The number of rotatable bonds is 4. The fraction of sp³-hybridized carbons (Fsp3) is 0.467. The molecule has 0 aromatic carbocycles. The Bertz CT molecular complexity index is 642. The molecule has 0 fully saturated rings. The quantitative estimate of drug-likeness (QED) is 0.886. The molecular formula is C15H17Cl2N3S. The summed E-state index contributed by atoms with van der Waals surface area (Å²) in [6.07, 6.45) is 5.16. The highest BCUT2D eigenvalue weighted by Crippen LogP contribution is 2.39. The number of pyridine rings is 1. The van der Waals surface area contributed by atoms with Crippen molar-refractivity contribution in [2.75, 3.05) is 13.1 Å². The molecule has 0 saturated carbocycles. The van der Waals surface area contributed by atoms with Gasteiger partial charge in [0, 0.05) is 23.5 Å². The van der Waals surface area contributed by atoms with Crippen LogP contribution < -0.4 is 5.32 Å². The molecule has 0 aliphatic heterocycles. The van der Waals surface area contributed by atoms with Crippen LogP contribution in [-0.4, -0.2) is 23.1 Å². The van der Waals surface area contributed by atoms with Crippen molar-refractivity contribution in [1.29, 1.82) is 0 Å². The third-order valence-corrected chi connectivity index (χ3v) is 5.35. The molecule has 21 heavy (non-hydrogen) atoms. The number of aromatic nitrogens is 2. The van der Waals surface area contributed by atoms with Gasteiger partial charge in [-0.05, 0) is 31.9 Å². The molecule has 0 bridgehead atoms. The van der Waals surface area contributed by atoms with Crippen LogP contribution in [-0.2, 0) is 6.42 Å². The van der Waals surface area contributed by atoms with Gasteiger partial charge in [-0.3, -0.25) is 4.98 Å². The topological polar surface area (TPSA) is 37.8 Å². The lowest BCUT2D eigenvalue weighted by Crippen LogP contribution is -2.23. The molecule has 1 unspecified atom stereocenters. The molecule has 2 aromatic heterocycles. The minimum absolute atomic E-state index is 0.504. The first-order chi connectivity index (χ1) is 10.2. The van der Waals surface area contributed by atoms with Crippen molar-refractivity contribution in [3.8, 4) is 10.7 Å². The maximum atomic E-state index is 6.26. The van der Waals surface area contributed by atoms with Crippen LogP contribution in [0.5, 0.6) is 0 Å². The Morgan fingerprint density at radius 2 is 2.29 bits per heavy atom. The summed E-state index contributed by atoms with van der Waals surface area (Å²) in [5.41, 5.74) is 1.97. The SMILES string of the molecule is CCNCC1CCCc2sc(-c3ncc(Cl)cc3Cl)nc21. The van der Waals surface area contributed by atoms with E-state index in [9.17, 15) is 0 Å². The van der Waals surface area contributed by atoms with E-state index in [0.717, 1.165) is 30.2 Å². The minimum atomic E-state index is 0.504. The average molecular weight is 342 g/mol. The van der Waals surface area contributed by atoms with Crippen LogP contribution in [0.15, 0.2) is 12.3 Å². The van der Waals surface area contributed by atoms with Crippen molar-refractivity contribution < 1.29 is 0 Å². The summed E-state index contributed by atoms with van der Waals surface area (Å²) in [5.74, 6) is 0.504. The second kappa shape index (κ2) is 6.61. The van der Waals surface area contributed by atoms with E-state index in [1.165, 1.54) is 23.4 Å². The number of fused-ring (bicyclic) bond motifs is 1. The van der Waals surface area contributed by atoms with Crippen molar-refractivity contribution >= 4 is 34.5 Å². The molecule has 0 spiro atoms. The highest BCUT2D eigenvalue weighted by Gasteiger charge is 2.25. The Hall–Kier alpha value is -0.680. The summed E-state index contributed by atoms with van der Waals surface area (Å²) < 4.78 is 0. The van der Waals surface area contributed by atoms with Gasteiger partial charge in [-0.25, -0.2) is 4.98 Å². The Labute approximate surface area is 138 Å². The molecule has 2 aromatic rings. The molecule has 1 N–H and O–H groups in total. The fourth-order valence-electron chi connectivity index (χ4n) is 2.70. The van der Waals surface area contributed by atoms with Gasteiger partial charge in [0.2, 0.25) is 0 Å². The Balaban J connectivity index is 1.94. The van der Waals surface area contributed by atoms with Gasteiger partial charge in [0.15, 0.2) is 0 Å². The predicted molar refractivity (Wildman–Crippen MR) is 89.6 cm³/mol. The molecule has 0 saturated heterocycles. The predicted octanol–water partition coefficient (Wildman–Crippen LogP) is 4.54. The number of thiazole rings is 1. The molecule has 6 heteroatoms. The van der Waals surface area contributed by atoms with Crippen LogP contribution >= 0.6 is 34.5 Å². The van der Waals surface area contributed by atoms with Gasteiger partial charge in [-0.2, -0.15) is 0 Å². The number of nitrogens with one attached hydrogen (secondary N) is 1. The zero-order valence-electron chi connectivity index (χ0n) is 11.8. The first kappa shape index (κ1) is 15.2. The average Bonchev–Trinajstić information content (AvgIpc) is 2.89. The smallest absolute Gasteiger partial charge is 0.143 e. The number of hydrogen-bond acceptors (Lipinski definition) is 4. The Morgan fingerprint density at radius 1 is 1.43 bits per heavy atom. The largest absolute Gasteiger partial charge is 0.316 e. The highest BCUT2D eigenvalue weighted by molar-refractivity contribution is 7.15. The van der Waals surface area contributed by atoms with E-state index in [1.54, 1.807) is 23.6 Å². The van der Waals surface area contributed by atoms with Gasteiger partial charge in [-0.1, -0.05) is 30.1 Å². The van der Waals surface area contributed by atoms with Crippen molar-refractivity contribution in [2.24, 2.45) is 0 Å². The molecule has 3 nitrogen and oxygen atoms in total. The van der Waals surface area contributed by atoms with Crippen LogP contribution in [0.1, 0.15) is 36.3 Å². The van der Waals surface area contributed by atoms with Crippen LogP contribution in [0.3, 0.4) is 0 Å². The van der Waals surface area contributed by atoms with Gasteiger partial charge >= 0.3 is 0 Å². The van der Waals surface area contributed by atoms with E-state index in [0.29, 0.717) is 16.0 Å². The first-order valence-electron chi connectivity index (χ1n) is 7.20. The zero-order chi connectivity index (χ0) is 14.8. The number of likely N-dealkylation sites (N-methyl/N-ethyl adjacent to an activating group) is 1. The van der Waals surface area contributed by atoms with Gasteiger partial charge < -0.3 is 5.32 Å². The Kier molecular flexibility index (Phi) is 4.79. The highest BCUT2D eigenvalue weighted by atomic mass is 35.5. The van der Waals surface area contributed by atoms with Gasteiger partial charge in [0.05, 0.1) is 15.7 Å². The first-order valence-corrected chi connectivity index (χ1v) is 8.78. The molecule has 0 radical (unpaired) electrons. The standard InChI is InChI=1S/C15H17Cl2N3S/c1-2-18-7-9-4-3-5-12-13(9)20-15(21-12)14-11(17)6-10(16)8-19-14/h6,8-9,18H,2-5,7H2,1H3. The van der Waals surface area contributed by atoms with Crippen LogP contribution in [0, 0.1) is 0 Å². The van der Waals surface area contributed by atoms with Gasteiger partial charge in [0.25, 0.3) is 0 Å². The molecule has 0 amide bonds. The summed E-state index contributed by atoms with van der Waals surface area (Å²) >= 11 is 13.9. The summed E-state index contributed by atoms with van der Waals surface area (Å²) in [7, 11) is 0. The lowest BCUT2D eigenvalue weighted by Gasteiger charge is -2.21. The molecule has 2 heterocycles. The number of nitrogens with zero attached hydrogens (tertiary/aromatic N) is 2. The lowest BCUT2D eigenvalue weighted by molar-refractivity contribution is 0.509. The third-order valence-electron chi connectivity index (χ3n) is 3.72. The van der Waals surface area contributed by atoms with Gasteiger partial charge in [-0.15, -0.1) is 11.3 Å². The summed E-state index contributed by atoms with van der Waals surface area (Å²) in [6, 6.07) is 1.72. The van der Waals surface area contributed by atoms with E-state index < -0.39 is 0 Å². The molecule has 112 valence electrons. The molecule has 1 aliphatic rings. The summed E-state index contributed by atoms with van der Waals surface area (Å²) in [4.78, 5) is 10.6. The molecule has 1 aliphatic carbocycles.